The van der Waals surface area contributed by atoms with Crippen molar-refractivity contribution in [1.82, 2.24) is 5.32 Å². The molecule has 0 aromatic heterocycles. The molecule has 0 bridgehead atoms. The molecular weight excluding hydrogens is 212 g/mol. The molecule has 1 amide bonds. The molecule has 1 N–H and O–H groups in total. The summed E-state index contributed by atoms with van der Waals surface area (Å²) in [5, 5.41) is 3.77. The number of rotatable bonds is 2. The highest BCUT2D eigenvalue weighted by Gasteiger charge is 2.27. The molecular formula is C11H13ClN2O. The smallest absolute Gasteiger partial charge is 0.232 e. The van der Waals surface area contributed by atoms with Crippen molar-refractivity contribution in [3.05, 3.63) is 29.3 Å². The van der Waals surface area contributed by atoms with E-state index in [1.807, 2.05) is 12.1 Å². The highest BCUT2D eigenvalue weighted by Crippen LogP contribution is 2.19. The first-order valence-corrected chi connectivity index (χ1v) is 5.30. The monoisotopic (exact) mass is 224 g/mol. The normalized spacial score (nSPS) is 15.9. The highest BCUT2D eigenvalue weighted by atomic mass is 35.5. The predicted octanol–water partition coefficient (Wildman–Crippen LogP) is 1.52. The van der Waals surface area contributed by atoms with Crippen molar-refractivity contribution in [3.63, 3.8) is 0 Å². The molecule has 1 aliphatic rings. The van der Waals surface area contributed by atoms with E-state index in [4.69, 9.17) is 11.6 Å². The minimum atomic E-state index is 0.130. The van der Waals surface area contributed by atoms with Crippen LogP contribution in [0, 0.1) is 5.92 Å². The lowest BCUT2D eigenvalue weighted by Gasteiger charge is -2.30. The maximum atomic E-state index is 11.9. The number of benzene rings is 1. The Balaban J connectivity index is 2.09. The summed E-state index contributed by atoms with van der Waals surface area (Å²) in [4.78, 5) is 13.5. The van der Waals surface area contributed by atoms with Crippen LogP contribution in [0.1, 0.15) is 0 Å². The number of nitrogens with zero attached hydrogens (tertiary/aromatic N) is 1. The van der Waals surface area contributed by atoms with Crippen LogP contribution in [0.5, 0.6) is 0 Å². The van der Waals surface area contributed by atoms with Crippen LogP contribution in [0.15, 0.2) is 24.3 Å². The van der Waals surface area contributed by atoms with Gasteiger partial charge in [0.15, 0.2) is 0 Å². The summed E-state index contributed by atoms with van der Waals surface area (Å²) in [6.07, 6.45) is 0. The number of amides is 1. The van der Waals surface area contributed by atoms with E-state index in [1.54, 1.807) is 24.1 Å². The molecule has 1 aromatic carbocycles. The number of nitrogens with one attached hydrogen (secondary N) is 1. The molecule has 0 unspecified atom stereocenters. The molecule has 15 heavy (non-hydrogen) atoms. The Kier molecular flexibility index (Phi) is 2.93. The fourth-order valence-corrected chi connectivity index (χ4v) is 1.66. The minimum Gasteiger partial charge on any atom is -0.315 e. The van der Waals surface area contributed by atoms with Gasteiger partial charge in [0.1, 0.15) is 0 Å². The first-order chi connectivity index (χ1) is 7.18. The zero-order chi connectivity index (χ0) is 10.8. The first-order valence-electron chi connectivity index (χ1n) is 4.92. The van der Waals surface area contributed by atoms with E-state index >= 15 is 0 Å². The Labute approximate surface area is 94.0 Å². The molecule has 80 valence electrons. The third-order valence-corrected chi connectivity index (χ3v) is 2.93. The van der Waals surface area contributed by atoms with Gasteiger partial charge in [-0.25, -0.2) is 0 Å². The van der Waals surface area contributed by atoms with Gasteiger partial charge in [0.05, 0.1) is 5.92 Å². The van der Waals surface area contributed by atoms with Gasteiger partial charge < -0.3 is 10.2 Å². The van der Waals surface area contributed by atoms with Crippen LogP contribution in [0.25, 0.3) is 0 Å². The maximum Gasteiger partial charge on any atom is 0.232 e. The topological polar surface area (TPSA) is 32.3 Å². The summed E-state index contributed by atoms with van der Waals surface area (Å²) in [6.45, 7) is 1.58. The zero-order valence-electron chi connectivity index (χ0n) is 8.53. The van der Waals surface area contributed by atoms with Crippen molar-refractivity contribution < 1.29 is 4.79 Å². The van der Waals surface area contributed by atoms with Gasteiger partial charge in [0.25, 0.3) is 0 Å². The standard InChI is InChI=1S/C11H13ClN2O/c1-14(11(15)8-6-13-7-8)10-4-2-9(12)3-5-10/h2-5,8,13H,6-7H2,1H3. The second-order valence-corrected chi connectivity index (χ2v) is 4.17. The fraction of sp³-hybridized carbons (Fsp3) is 0.364. The summed E-state index contributed by atoms with van der Waals surface area (Å²) in [6, 6.07) is 7.29. The van der Waals surface area contributed by atoms with E-state index in [1.165, 1.54) is 0 Å². The van der Waals surface area contributed by atoms with Crippen molar-refractivity contribution in [2.45, 2.75) is 0 Å². The van der Waals surface area contributed by atoms with Crippen LogP contribution < -0.4 is 10.2 Å². The van der Waals surface area contributed by atoms with Crippen LogP contribution in [-0.2, 0) is 4.79 Å². The van der Waals surface area contributed by atoms with Gasteiger partial charge in [-0.15, -0.1) is 0 Å². The summed E-state index contributed by atoms with van der Waals surface area (Å²) in [7, 11) is 1.80. The van der Waals surface area contributed by atoms with Crippen LogP contribution in [0.3, 0.4) is 0 Å². The van der Waals surface area contributed by atoms with Crippen molar-refractivity contribution in [3.8, 4) is 0 Å². The lowest BCUT2D eigenvalue weighted by Crippen LogP contribution is -2.51. The van der Waals surface area contributed by atoms with Gasteiger partial charge in [0, 0.05) is 30.8 Å². The quantitative estimate of drug-likeness (QED) is 0.826. The number of anilines is 1. The average Bonchev–Trinajstić information content (AvgIpc) is 2.15. The van der Waals surface area contributed by atoms with Crippen LogP contribution in [0.4, 0.5) is 5.69 Å². The molecule has 0 saturated carbocycles. The van der Waals surface area contributed by atoms with Crippen LogP contribution in [0.2, 0.25) is 5.02 Å². The lowest BCUT2D eigenvalue weighted by molar-refractivity contribution is -0.123. The van der Waals surface area contributed by atoms with Gasteiger partial charge in [-0.05, 0) is 24.3 Å². The Bertz CT molecular complexity index is 359. The summed E-state index contributed by atoms with van der Waals surface area (Å²) in [5.74, 6) is 0.293. The molecule has 3 nitrogen and oxygen atoms in total. The van der Waals surface area contributed by atoms with Gasteiger partial charge >= 0.3 is 0 Å². The molecule has 1 fully saturated rings. The van der Waals surface area contributed by atoms with E-state index in [9.17, 15) is 4.79 Å². The number of carbonyl (C=O) groups excluding carboxylic acids is 1. The largest absolute Gasteiger partial charge is 0.315 e. The molecule has 2 rings (SSSR count). The van der Waals surface area contributed by atoms with Crippen LogP contribution >= 0.6 is 11.6 Å². The third kappa shape index (κ3) is 2.13. The molecule has 1 aliphatic heterocycles. The van der Waals surface area contributed by atoms with E-state index in [-0.39, 0.29) is 11.8 Å². The van der Waals surface area contributed by atoms with Crippen molar-refractivity contribution in [2.75, 3.05) is 25.0 Å². The second kappa shape index (κ2) is 4.21. The van der Waals surface area contributed by atoms with Gasteiger partial charge in [-0.1, -0.05) is 11.6 Å². The number of carbonyl (C=O) groups is 1. The van der Waals surface area contributed by atoms with Gasteiger partial charge in [-0.2, -0.15) is 0 Å². The molecule has 4 heteroatoms. The molecule has 1 aromatic rings. The zero-order valence-corrected chi connectivity index (χ0v) is 9.29. The van der Waals surface area contributed by atoms with E-state index < -0.39 is 0 Å². The molecule has 0 radical (unpaired) electrons. The fourth-order valence-electron chi connectivity index (χ4n) is 1.53. The van der Waals surface area contributed by atoms with Crippen molar-refractivity contribution in [2.24, 2.45) is 5.92 Å². The van der Waals surface area contributed by atoms with Gasteiger partial charge in [0.2, 0.25) is 5.91 Å². The second-order valence-electron chi connectivity index (χ2n) is 3.73. The number of hydrogen-bond acceptors (Lipinski definition) is 2. The summed E-state index contributed by atoms with van der Waals surface area (Å²) >= 11 is 5.78. The minimum absolute atomic E-state index is 0.130. The molecule has 1 saturated heterocycles. The first kappa shape index (κ1) is 10.5. The van der Waals surface area contributed by atoms with Crippen molar-refractivity contribution in [1.29, 1.82) is 0 Å². The summed E-state index contributed by atoms with van der Waals surface area (Å²) in [5.41, 5.74) is 0.885. The number of hydrogen-bond donors (Lipinski definition) is 1. The predicted molar refractivity (Wildman–Crippen MR) is 61.2 cm³/mol. The molecule has 0 atom stereocenters. The van der Waals surface area contributed by atoms with Gasteiger partial charge in [-0.3, -0.25) is 4.79 Å². The average molecular weight is 225 g/mol. The third-order valence-electron chi connectivity index (χ3n) is 2.68. The molecule has 0 aliphatic carbocycles. The Morgan fingerprint density at radius 3 is 2.47 bits per heavy atom. The Morgan fingerprint density at radius 1 is 1.40 bits per heavy atom. The highest BCUT2D eigenvalue weighted by molar-refractivity contribution is 6.30. The maximum absolute atomic E-state index is 11.9. The number of halogens is 1. The van der Waals surface area contributed by atoms with E-state index in [0.29, 0.717) is 5.02 Å². The van der Waals surface area contributed by atoms with Crippen molar-refractivity contribution >= 4 is 23.2 Å². The molecule has 1 heterocycles. The van der Waals surface area contributed by atoms with E-state index in [2.05, 4.69) is 5.32 Å². The summed E-state index contributed by atoms with van der Waals surface area (Å²) < 4.78 is 0. The van der Waals surface area contributed by atoms with E-state index in [0.717, 1.165) is 18.8 Å². The molecule has 0 spiro atoms. The Hall–Kier alpha value is -1.06. The Morgan fingerprint density at radius 2 is 2.00 bits per heavy atom. The SMILES string of the molecule is CN(C(=O)C1CNC1)c1ccc(Cl)cc1. The lowest BCUT2D eigenvalue weighted by atomic mass is 10.0. The van der Waals surface area contributed by atoms with Crippen LogP contribution in [-0.4, -0.2) is 26.0 Å².